The number of nitrogens with zero attached hydrogens (tertiary/aromatic N) is 3. The summed E-state index contributed by atoms with van der Waals surface area (Å²) in [6, 6.07) is 31.9. The molecular formula is C28H22N4OS. The highest BCUT2D eigenvalue weighted by Crippen LogP contribution is 2.42. The zero-order valence-electron chi connectivity index (χ0n) is 18.2. The summed E-state index contributed by atoms with van der Waals surface area (Å²) < 4.78 is 2.22. The van der Waals surface area contributed by atoms with Crippen molar-refractivity contribution in [1.29, 1.82) is 0 Å². The number of aromatic hydroxyl groups is 1. The molecule has 0 aliphatic carbocycles. The highest BCUT2D eigenvalue weighted by atomic mass is 32.1. The van der Waals surface area contributed by atoms with Crippen molar-refractivity contribution in [2.45, 2.75) is 12.1 Å². The van der Waals surface area contributed by atoms with E-state index in [2.05, 4.69) is 80.6 Å². The molecule has 2 aromatic heterocycles. The topological polar surface area (TPSA) is 53.3 Å². The Kier molecular flexibility index (Phi) is 5.00. The van der Waals surface area contributed by atoms with Crippen LogP contribution in [0.2, 0.25) is 0 Å². The first-order valence-electron chi connectivity index (χ1n) is 11.2. The molecule has 0 unspecified atom stereocenters. The predicted octanol–water partition coefficient (Wildman–Crippen LogP) is 5.91. The van der Waals surface area contributed by atoms with Crippen LogP contribution in [0.4, 0.5) is 5.69 Å². The molecule has 0 spiro atoms. The van der Waals surface area contributed by atoms with E-state index < -0.39 is 0 Å². The van der Waals surface area contributed by atoms with Gasteiger partial charge in [0, 0.05) is 29.5 Å². The number of aromatic nitrogens is 2. The van der Waals surface area contributed by atoms with Crippen molar-refractivity contribution in [1.82, 2.24) is 14.9 Å². The minimum atomic E-state index is -0.145. The van der Waals surface area contributed by atoms with Gasteiger partial charge in [-0.2, -0.15) is 0 Å². The van der Waals surface area contributed by atoms with Crippen molar-refractivity contribution in [3.63, 3.8) is 0 Å². The van der Waals surface area contributed by atoms with Gasteiger partial charge in [-0.25, -0.2) is 0 Å². The standard InChI is InChI=1S/C28H22N4OS/c33-23-14-12-21(13-15-23)32-27(26(30-28(32)34)24-8-3-4-16-29-24)25-9-5-17-31(25)22-11-10-19-6-1-2-7-20(19)18-22/h1-18,26-27,33H,(H,30,34)/t26-,27+/m0/s1. The maximum absolute atomic E-state index is 9.84. The first kappa shape index (κ1) is 20.4. The van der Waals surface area contributed by atoms with Crippen LogP contribution < -0.4 is 10.2 Å². The third kappa shape index (κ3) is 3.49. The van der Waals surface area contributed by atoms with E-state index in [1.54, 1.807) is 12.1 Å². The molecule has 34 heavy (non-hydrogen) atoms. The summed E-state index contributed by atoms with van der Waals surface area (Å²) in [5.41, 5.74) is 4.00. The summed E-state index contributed by atoms with van der Waals surface area (Å²) in [5.74, 6) is 0.221. The van der Waals surface area contributed by atoms with E-state index in [9.17, 15) is 5.11 Å². The molecule has 5 nitrogen and oxygen atoms in total. The van der Waals surface area contributed by atoms with Gasteiger partial charge in [-0.3, -0.25) is 4.98 Å². The Labute approximate surface area is 202 Å². The number of thiocarbonyl (C=S) groups is 1. The number of fused-ring (bicyclic) bond motifs is 1. The maximum atomic E-state index is 9.84. The zero-order valence-corrected chi connectivity index (χ0v) is 19.1. The molecule has 6 heteroatoms. The van der Waals surface area contributed by atoms with Crippen LogP contribution in [0.25, 0.3) is 16.5 Å². The van der Waals surface area contributed by atoms with E-state index in [1.165, 1.54) is 10.8 Å². The van der Waals surface area contributed by atoms with Crippen LogP contribution >= 0.6 is 12.2 Å². The number of anilines is 1. The second-order valence-electron chi connectivity index (χ2n) is 8.35. The van der Waals surface area contributed by atoms with Gasteiger partial charge in [0.1, 0.15) is 11.8 Å². The Morgan fingerprint density at radius 2 is 1.56 bits per heavy atom. The molecule has 0 radical (unpaired) electrons. The molecule has 3 heterocycles. The molecule has 0 amide bonds. The number of nitrogens with one attached hydrogen (secondary N) is 1. The molecule has 6 rings (SSSR count). The molecule has 166 valence electrons. The van der Waals surface area contributed by atoms with E-state index in [4.69, 9.17) is 12.2 Å². The van der Waals surface area contributed by atoms with Crippen molar-refractivity contribution in [3.8, 4) is 11.4 Å². The van der Waals surface area contributed by atoms with Gasteiger partial charge in [-0.1, -0.05) is 36.4 Å². The monoisotopic (exact) mass is 462 g/mol. The first-order chi connectivity index (χ1) is 16.7. The third-order valence-electron chi connectivity index (χ3n) is 6.32. The molecule has 1 aliphatic heterocycles. The summed E-state index contributed by atoms with van der Waals surface area (Å²) in [5, 5.41) is 16.4. The number of pyridine rings is 1. The van der Waals surface area contributed by atoms with Gasteiger partial charge in [0.25, 0.3) is 0 Å². The normalized spacial score (nSPS) is 17.8. The molecule has 3 aromatic carbocycles. The lowest BCUT2D eigenvalue weighted by atomic mass is 10.0. The Balaban J connectivity index is 1.51. The van der Waals surface area contributed by atoms with Crippen molar-refractivity contribution in [3.05, 3.63) is 121 Å². The fraction of sp³-hybridized carbons (Fsp3) is 0.0714. The van der Waals surface area contributed by atoms with Crippen LogP contribution in [0.1, 0.15) is 23.5 Å². The van der Waals surface area contributed by atoms with Crippen molar-refractivity contribution >= 4 is 33.8 Å². The second-order valence-corrected chi connectivity index (χ2v) is 8.73. The molecule has 2 N–H and O–H groups in total. The molecular weight excluding hydrogens is 440 g/mol. The minimum Gasteiger partial charge on any atom is -0.508 e. The van der Waals surface area contributed by atoms with Crippen LogP contribution in [-0.2, 0) is 0 Å². The van der Waals surface area contributed by atoms with E-state index in [0.717, 1.165) is 22.8 Å². The summed E-state index contributed by atoms with van der Waals surface area (Å²) in [7, 11) is 0. The average Bonchev–Trinajstić information content (AvgIpc) is 3.49. The van der Waals surface area contributed by atoms with Crippen LogP contribution in [0.3, 0.4) is 0 Å². The van der Waals surface area contributed by atoms with Gasteiger partial charge in [-0.05, 0) is 83.7 Å². The highest BCUT2D eigenvalue weighted by Gasteiger charge is 2.42. The Bertz CT molecular complexity index is 1480. The molecule has 1 saturated heterocycles. The second kappa shape index (κ2) is 8.32. The molecule has 2 atom stereocenters. The first-order valence-corrected chi connectivity index (χ1v) is 11.6. The quantitative estimate of drug-likeness (QED) is 0.325. The Hall–Kier alpha value is -4.16. The SMILES string of the molecule is Oc1ccc(N2C(=S)N[C@@H](c3ccccn3)[C@H]2c2cccn2-c2ccc3ccccc3c2)cc1. The summed E-state index contributed by atoms with van der Waals surface area (Å²) in [6.07, 6.45) is 3.90. The number of rotatable bonds is 4. The lowest BCUT2D eigenvalue weighted by molar-refractivity contribution is 0.475. The van der Waals surface area contributed by atoms with Crippen molar-refractivity contribution in [2.24, 2.45) is 0 Å². The van der Waals surface area contributed by atoms with Gasteiger partial charge >= 0.3 is 0 Å². The predicted molar refractivity (Wildman–Crippen MR) is 139 cm³/mol. The lowest BCUT2D eigenvalue weighted by Crippen LogP contribution is -2.30. The Morgan fingerprint density at radius 1 is 0.794 bits per heavy atom. The number of benzene rings is 3. The van der Waals surface area contributed by atoms with E-state index >= 15 is 0 Å². The molecule has 5 aromatic rings. The fourth-order valence-electron chi connectivity index (χ4n) is 4.74. The van der Waals surface area contributed by atoms with E-state index in [1.807, 2.05) is 36.5 Å². The Morgan fingerprint density at radius 3 is 2.35 bits per heavy atom. The van der Waals surface area contributed by atoms with Crippen LogP contribution in [0, 0.1) is 0 Å². The van der Waals surface area contributed by atoms with Crippen molar-refractivity contribution in [2.75, 3.05) is 4.90 Å². The molecule has 1 aliphatic rings. The number of phenolic OH excluding ortho intramolecular Hbond substituents is 1. The van der Waals surface area contributed by atoms with E-state index in [0.29, 0.717) is 5.11 Å². The highest BCUT2D eigenvalue weighted by molar-refractivity contribution is 7.80. The number of hydrogen-bond acceptors (Lipinski definition) is 3. The summed E-state index contributed by atoms with van der Waals surface area (Å²) >= 11 is 5.82. The lowest BCUT2D eigenvalue weighted by Gasteiger charge is -2.29. The smallest absolute Gasteiger partial charge is 0.174 e. The molecule has 0 bridgehead atoms. The van der Waals surface area contributed by atoms with Gasteiger partial charge in [0.2, 0.25) is 0 Å². The van der Waals surface area contributed by atoms with Crippen LogP contribution in [0.15, 0.2) is 109 Å². The minimum absolute atomic E-state index is 0.142. The van der Waals surface area contributed by atoms with Gasteiger partial charge in [0.05, 0.1) is 11.7 Å². The van der Waals surface area contributed by atoms with E-state index in [-0.39, 0.29) is 17.8 Å². The van der Waals surface area contributed by atoms with Crippen molar-refractivity contribution < 1.29 is 5.11 Å². The summed E-state index contributed by atoms with van der Waals surface area (Å²) in [6.45, 7) is 0. The fourth-order valence-corrected chi connectivity index (χ4v) is 5.09. The molecule has 1 fully saturated rings. The zero-order chi connectivity index (χ0) is 23.1. The van der Waals surface area contributed by atoms with Gasteiger partial charge < -0.3 is 19.9 Å². The van der Waals surface area contributed by atoms with Crippen LogP contribution in [0.5, 0.6) is 5.75 Å². The molecule has 0 saturated carbocycles. The van der Waals surface area contributed by atoms with Gasteiger partial charge in [0.15, 0.2) is 5.11 Å². The van der Waals surface area contributed by atoms with Gasteiger partial charge in [-0.15, -0.1) is 0 Å². The summed E-state index contributed by atoms with van der Waals surface area (Å²) in [4.78, 5) is 6.75. The number of phenols is 1. The average molecular weight is 463 g/mol. The maximum Gasteiger partial charge on any atom is 0.174 e. The third-order valence-corrected chi connectivity index (χ3v) is 6.64. The largest absolute Gasteiger partial charge is 0.508 e. The van der Waals surface area contributed by atoms with Crippen LogP contribution in [-0.4, -0.2) is 19.8 Å². The number of hydrogen-bond donors (Lipinski definition) is 2.